The van der Waals surface area contributed by atoms with Gasteiger partial charge in [-0.2, -0.15) is 0 Å². The summed E-state index contributed by atoms with van der Waals surface area (Å²) >= 11 is 0. The van der Waals surface area contributed by atoms with Crippen molar-refractivity contribution in [2.45, 2.75) is 91.5 Å². The Hall–Kier alpha value is -6.72. The van der Waals surface area contributed by atoms with Gasteiger partial charge in [0.1, 0.15) is 41.3 Å². The number of halogens is 2. The van der Waals surface area contributed by atoms with E-state index in [0.717, 1.165) is 4.90 Å². The molecular weight excluding hydrogens is 839 g/mol. The summed E-state index contributed by atoms with van der Waals surface area (Å²) in [6.07, 6.45) is 2.01. The minimum atomic E-state index is -1.24. The number of rotatable bonds is 18. The molecule has 16 nitrogen and oxygen atoms in total. The quantitative estimate of drug-likeness (QED) is 0.0732. The predicted octanol–water partition coefficient (Wildman–Crippen LogP) is 7.12. The molecule has 0 aliphatic heterocycles. The Bertz CT molecular complexity index is 2260. The number of hydrogen-bond donors (Lipinski definition) is 4. The van der Waals surface area contributed by atoms with Gasteiger partial charge in [-0.25, -0.2) is 28.3 Å². The largest absolute Gasteiger partial charge is 0.503 e. The van der Waals surface area contributed by atoms with E-state index in [-0.39, 0.29) is 40.6 Å². The first-order valence-electron chi connectivity index (χ1n) is 20.3. The van der Waals surface area contributed by atoms with Crippen LogP contribution in [0.4, 0.5) is 8.78 Å². The normalized spacial score (nSPS) is 13.8. The topological polar surface area (TPSA) is 216 Å². The van der Waals surface area contributed by atoms with Crippen LogP contribution in [0.5, 0.6) is 34.5 Å². The molecule has 0 spiro atoms. The van der Waals surface area contributed by atoms with Crippen LogP contribution in [0.2, 0.25) is 0 Å². The predicted molar refractivity (Wildman–Crippen MR) is 231 cm³/mol. The monoisotopic (exact) mass is 896 g/mol. The van der Waals surface area contributed by atoms with Gasteiger partial charge in [0, 0.05) is 60.1 Å². The molecule has 2 aromatic carbocycles. The van der Waals surface area contributed by atoms with E-state index in [9.17, 15) is 43.3 Å². The van der Waals surface area contributed by atoms with Gasteiger partial charge in [0.05, 0.1) is 28.4 Å². The zero-order valence-electron chi connectivity index (χ0n) is 38.0. The summed E-state index contributed by atoms with van der Waals surface area (Å²) in [5.41, 5.74) is 0.757. The number of aromatic hydroxyl groups is 2. The third-order valence-corrected chi connectivity index (χ3v) is 10.7. The lowest BCUT2D eigenvalue weighted by Gasteiger charge is -2.39. The Morgan fingerprint density at radius 2 is 1.08 bits per heavy atom. The van der Waals surface area contributed by atoms with E-state index in [4.69, 9.17) is 23.7 Å². The number of benzene rings is 2. The van der Waals surface area contributed by atoms with Crippen molar-refractivity contribution in [1.29, 1.82) is 0 Å². The van der Waals surface area contributed by atoms with Gasteiger partial charge in [-0.15, -0.1) is 0 Å². The Morgan fingerprint density at radius 3 is 1.52 bits per heavy atom. The van der Waals surface area contributed by atoms with E-state index in [1.807, 2.05) is 27.7 Å². The molecule has 2 heterocycles. The molecule has 6 atom stereocenters. The van der Waals surface area contributed by atoms with Crippen LogP contribution in [-0.2, 0) is 14.3 Å². The highest BCUT2D eigenvalue weighted by Crippen LogP contribution is 2.40. The molecule has 348 valence electrons. The summed E-state index contributed by atoms with van der Waals surface area (Å²) in [6.45, 7) is 14.0. The molecule has 0 aliphatic rings. The van der Waals surface area contributed by atoms with Crippen molar-refractivity contribution in [2.75, 3.05) is 28.4 Å². The highest BCUT2D eigenvalue weighted by Gasteiger charge is 2.39. The summed E-state index contributed by atoms with van der Waals surface area (Å²) in [5, 5.41) is 32.7. The van der Waals surface area contributed by atoms with Gasteiger partial charge in [0.2, 0.25) is 0 Å². The van der Waals surface area contributed by atoms with Crippen LogP contribution >= 0.6 is 0 Å². The molecule has 2 aromatic heterocycles. The molecule has 0 radical (unpaired) electrons. The molecule has 4 N–H and O–H groups in total. The maximum atomic E-state index is 13.8. The van der Waals surface area contributed by atoms with Crippen LogP contribution in [0.15, 0.2) is 60.9 Å². The minimum Gasteiger partial charge on any atom is -0.503 e. The van der Waals surface area contributed by atoms with Gasteiger partial charge in [-0.05, 0) is 57.2 Å². The minimum absolute atomic E-state index is 0.0412. The number of nitrogens with zero attached hydrogens (tertiary/aromatic N) is 3. The van der Waals surface area contributed by atoms with Crippen LogP contribution in [0.1, 0.15) is 99.3 Å². The van der Waals surface area contributed by atoms with Gasteiger partial charge in [-0.1, -0.05) is 39.8 Å². The summed E-state index contributed by atoms with van der Waals surface area (Å²) in [5.74, 6) is -5.14. The average molecular weight is 897 g/mol. The molecule has 2 amide bonds. The number of carbonyl (C=O) groups excluding carboxylic acids is 3. The second-order valence-corrected chi connectivity index (χ2v) is 15.5. The smallest absolute Gasteiger partial charge is 0.328 e. The first kappa shape index (κ1) is 51.6. The number of aromatic nitrogens is 2. The lowest BCUT2D eigenvalue weighted by molar-refractivity contribution is -0.151. The van der Waals surface area contributed by atoms with Crippen LogP contribution in [0, 0.1) is 23.5 Å². The molecule has 0 bridgehead atoms. The fraction of sp³-hybridized carbons (Fsp3) is 0.435. The van der Waals surface area contributed by atoms with Crippen LogP contribution < -0.4 is 24.3 Å². The van der Waals surface area contributed by atoms with Crippen molar-refractivity contribution >= 4 is 23.8 Å². The molecule has 1 unspecified atom stereocenters. The second-order valence-electron chi connectivity index (χ2n) is 15.5. The van der Waals surface area contributed by atoms with E-state index < -0.39 is 77.0 Å². The van der Waals surface area contributed by atoms with E-state index in [0.29, 0.717) is 22.6 Å². The number of hydrogen-bond acceptors (Lipinski definition) is 13. The highest BCUT2D eigenvalue weighted by molar-refractivity contribution is 5.98. The van der Waals surface area contributed by atoms with Crippen molar-refractivity contribution in [1.82, 2.24) is 20.2 Å². The summed E-state index contributed by atoms with van der Waals surface area (Å²) < 4.78 is 53.7. The number of methoxy groups -OCH3 is 4. The van der Waals surface area contributed by atoms with Gasteiger partial charge in [-0.3, -0.25) is 9.59 Å². The van der Waals surface area contributed by atoms with Crippen molar-refractivity contribution in [3.8, 4) is 34.5 Å². The number of amides is 2. The number of aliphatic carboxylic acids is 1. The van der Waals surface area contributed by atoms with Gasteiger partial charge in [0.25, 0.3) is 11.8 Å². The first-order valence-corrected chi connectivity index (χ1v) is 20.3. The fourth-order valence-electron chi connectivity index (χ4n) is 7.59. The molecule has 18 heteroatoms. The van der Waals surface area contributed by atoms with Gasteiger partial charge in [0.15, 0.2) is 34.4 Å². The zero-order chi connectivity index (χ0) is 48.2. The Kier molecular flexibility index (Phi) is 18.6. The summed E-state index contributed by atoms with van der Waals surface area (Å²) in [6, 6.07) is 8.21. The number of carboxylic acids is 1. The third-order valence-electron chi connectivity index (χ3n) is 10.7. The Labute approximate surface area is 371 Å². The Balaban J connectivity index is 0.000000340. The highest BCUT2D eigenvalue weighted by atomic mass is 19.1. The van der Waals surface area contributed by atoms with Crippen molar-refractivity contribution in [3.63, 3.8) is 0 Å². The standard InChI is InChI=1S/2C23H29FN2O6/c1-12(2)19(16-8-7-15(24)11-18(16)31-6)14(4)32-23(29)13(3)26-22(28)20-21(27)17(30-5)9-10-25-20;1-12(2)19(16-8-7-15(24)11-18(16)32-6)13(3)26(14(4)23(29)30)22(28)20-21(27)17(31-5)9-10-25-20/h7-14,19,27H,1-6H3,(H,26,28);7-14,19,27H,1-6H3,(H,29,30)/t13-,14-,19+;13?,14-,19+/m00/s1. The van der Waals surface area contributed by atoms with Crippen molar-refractivity contribution in [2.24, 2.45) is 11.8 Å². The molecule has 4 aromatic rings. The van der Waals surface area contributed by atoms with Crippen molar-refractivity contribution in [3.05, 3.63) is 95.1 Å². The maximum absolute atomic E-state index is 13.8. The molecule has 4 rings (SSSR count). The van der Waals surface area contributed by atoms with E-state index in [2.05, 4.69) is 15.3 Å². The molecule has 0 aliphatic carbocycles. The number of carbonyl (C=O) groups is 4. The lowest BCUT2D eigenvalue weighted by Crippen LogP contribution is -2.51. The summed E-state index contributed by atoms with van der Waals surface area (Å²) in [7, 11) is 5.55. The van der Waals surface area contributed by atoms with Gasteiger partial charge >= 0.3 is 11.9 Å². The van der Waals surface area contributed by atoms with Crippen LogP contribution in [0.25, 0.3) is 0 Å². The number of carboxylic acid groups (broad SMARTS) is 1. The molecular formula is C46H58F2N4O12. The van der Waals surface area contributed by atoms with Gasteiger partial charge < -0.3 is 49.2 Å². The number of esters is 1. The van der Waals surface area contributed by atoms with Crippen LogP contribution in [-0.4, -0.2) is 107 Å². The number of nitrogens with one attached hydrogen (secondary N) is 1. The molecule has 0 saturated carbocycles. The SMILES string of the molecule is COc1cc(F)ccc1[C@H](C(C)C)C(C)N(C(=O)c1nccc(OC)c1O)[C@@H](C)C(=O)O.COc1cc(F)ccc1[C@H](C(C)C)[C@H](C)OC(=O)[C@H](C)NC(=O)c1nccc(OC)c1O. The van der Waals surface area contributed by atoms with E-state index in [1.165, 1.54) is 91.1 Å². The third kappa shape index (κ3) is 12.3. The van der Waals surface area contributed by atoms with Crippen molar-refractivity contribution < 1.29 is 67.0 Å². The average Bonchev–Trinajstić information content (AvgIpc) is 3.24. The Morgan fingerprint density at radius 1 is 0.641 bits per heavy atom. The maximum Gasteiger partial charge on any atom is 0.328 e. The van der Waals surface area contributed by atoms with E-state index in [1.54, 1.807) is 26.0 Å². The summed E-state index contributed by atoms with van der Waals surface area (Å²) in [4.78, 5) is 59.5. The number of pyridine rings is 2. The fourth-order valence-corrected chi connectivity index (χ4v) is 7.59. The first-order chi connectivity index (χ1) is 30.1. The molecule has 64 heavy (non-hydrogen) atoms. The van der Waals surface area contributed by atoms with E-state index >= 15 is 0 Å². The molecule has 0 saturated heterocycles. The second kappa shape index (κ2) is 23.1. The van der Waals surface area contributed by atoms with Crippen LogP contribution in [0.3, 0.4) is 0 Å². The lowest BCUT2D eigenvalue weighted by atomic mass is 9.81. The molecule has 0 fully saturated rings. The number of ether oxygens (including phenoxy) is 5. The zero-order valence-corrected chi connectivity index (χ0v) is 38.0.